The topological polar surface area (TPSA) is 25.5 Å². The van der Waals surface area contributed by atoms with Gasteiger partial charge in [0, 0.05) is 12.1 Å². The van der Waals surface area contributed by atoms with E-state index in [-0.39, 0.29) is 24.0 Å². The molecule has 4 heteroatoms. The molecule has 1 heterocycles. The highest BCUT2D eigenvalue weighted by Gasteiger charge is 1.98. The summed E-state index contributed by atoms with van der Waals surface area (Å²) in [6.45, 7) is 2.73. The zero-order valence-electron chi connectivity index (χ0n) is 8.48. The van der Waals surface area contributed by atoms with Crippen LogP contribution in [0.3, 0.4) is 0 Å². The van der Waals surface area contributed by atoms with Gasteiger partial charge in [-0.1, -0.05) is 12.1 Å². The van der Waals surface area contributed by atoms with Gasteiger partial charge in [0.15, 0.2) is 6.20 Å². The quantitative estimate of drug-likeness (QED) is 0.214. The Hall–Kier alpha value is -0.650. The number of pyridine rings is 1. The molecule has 0 fully saturated rings. The van der Waals surface area contributed by atoms with E-state index in [1.807, 2.05) is 36.0 Å². The molecule has 0 unspecified atom stereocenters. The molecule has 3 nitrogen and oxygen atoms in total. The summed E-state index contributed by atoms with van der Waals surface area (Å²) in [5.41, 5.74) is 1.03. The second-order valence-electron chi connectivity index (χ2n) is 2.80. The van der Waals surface area contributed by atoms with E-state index in [9.17, 15) is 0 Å². The van der Waals surface area contributed by atoms with Gasteiger partial charge in [-0.15, -0.1) is 0 Å². The lowest BCUT2D eigenvalue weighted by molar-refractivity contribution is -0.672. The van der Waals surface area contributed by atoms with Crippen molar-refractivity contribution in [3.8, 4) is 0 Å². The van der Waals surface area contributed by atoms with Crippen LogP contribution >= 0.6 is 0 Å². The fourth-order valence-corrected chi connectivity index (χ4v) is 0.906. The van der Waals surface area contributed by atoms with Crippen LogP contribution in [0.15, 0.2) is 29.6 Å². The number of rotatable bonds is 4. The minimum absolute atomic E-state index is 0. The maximum absolute atomic E-state index is 5.00. The maximum atomic E-state index is 5.00. The third-order valence-electron chi connectivity index (χ3n) is 1.65. The molecule has 0 bridgehead atoms. The fraction of sp³-hybridized carbons (Fsp3) is 0.400. The predicted octanol–water partition coefficient (Wildman–Crippen LogP) is -1.72. The molecule has 0 atom stereocenters. The summed E-state index contributed by atoms with van der Waals surface area (Å²) in [6.07, 6.45) is 4.68. The minimum Gasteiger partial charge on any atom is -1.00 e. The monoisotopic (exact) mass is 306 g/mol. The van der Waals surface area contributed by atoms with Gasteiger partial charge in [0.25, 0.3) is 0 Å². The van der Waals surface area contributed by atoms with Crippen LogP contribution in [0.5, 0.6) is 0 Å². The average molecular weight is 306 g/mol. The fourth-order valence-electron chi connectivity index (χ4n) is 0.906. The van der Waals surface area contributed by atoms with E-state index in [0.29, 0.717) is 6.61 Å². The van der Waals surface area contributed by atoms with Gasteiger partial charge in [-0.3, -0.25) is 0 Å². The van der Waals surface area contributed by atoms with Gasteiger partial charge in [-0.25, -0.2) is 4.57 Å². The maximum Gasteiger partial charge on any atom is 0.226 e. The van der Waals surface area contributed by atoms with Crippen LogP contribution in [0.4, 0.5) is 0 Å². The van der Waals surface area contributed by atoms with Gasteiger partial charge >= 0.3 is 0 Å². The van der Waals surface area contributed by atoms with Crippen molar-refractivity contribution >= 4 is 6.21 Å². The lowest BCUT2D eigenvalue weighted by Gasteiger charge is -1.93. The first kappa shape index (κ1) is 13.4. The van der Waals surface area contributed by atoms with Gasteiger partial charge < -0.3 is 28.8 Å². The van der Waals surface area contributed by atoms with E-state index in [2.05, 4.69) is 12.1 Å². The number of halogens is 1. The molecule has 0 radical (unpaired) electrons. The normalized spacial score (nSPS) is 9.86. The zero-order chi connectivity index (χ0) is 9.52. The van der Waals surface area contributed by atoms with Crippen molar-refractivity contribution in [3.63, 3.8) is 0 Å². The molecule has 1 rings (SSSR count). The highest BCUT2D eigenvalue weighted by Crippen LogP contribution is 1.87. The lowest BCUT2D eigenvalue weighted by atomic mass is 10.4. The molecule has 0 aromatic carbocycles. The SMILES string of the molecule is CCCO/N=C/c1cccc[n+]1C.[I-]. The number of aryl methyl sites for hydroxylation is 1. The van der Waals surface area contributed by atoms with E-state index in [4.69, 9.17) is 4.84 Å². The second kappa shape index (κ2) is 7.73. The van der Waals surface area contributed by atoms with Gasteiger partial charge in [0.05, 0.1) is 0 Å². The van der Waals surface area contributed by atoms with Crippen LogP contribution in [-0.2, 0) is 11.9 Å². The Morgan fingerprint density at radius 3 is 2.93 bits per heavy atom. The van der Waals surface area contributed by atoms with Gasteiger partial charge in [-0.05, 0) is 12.5 Å². The van der Waals surface area contributed by atoms with E-state index in [1.165, 1.54) is 0 Å². The van der Waals surface area contributed by atoms with Crippen molar-refractivity contribution in [2.75, 3.05) is 6.61 Å². The molecule has 14 heavy (non-hydrogen) atoms. The Kier molecular flexibility index (Phi) is 7.37. The number of nitrogens with zero attached hydrogens (tertiary/aromatic N) is 2. The summed E-state index contributed by atoms with van der Waals surface area (Å²) in [5.74, 6) is 0. The second-order valence-corrected chi connectivity index (χ2v) is 2.80. The predicted molar refractivity (Wildman–Crippen MR) is 51.5 cm³/mol. The number of hydrogen-bond donors (Lipinski definition) is 0. The molecule has 0 aliphatic heterocycles. The van der Waals surface area contributed by atoms with Gasteiger partial charge in [-0.2, -0.15) is 0 Å². The lowest BCUT2D eigenvalue weighted by Crippen LogP contribution is -3.00. The number of hydrogen-bond acceptors (Lipinski definition) is 2. The zero-order valence-corrected chi connectivity index (χ0v) is 10.6. The molecule has 1 aromatic rings. The van der Waals surface area contributed by atoms with E-state index in [1.54, 1.807) is 6.21 Å². The number of oxime groups is 1. The molecule has 0 saturated carbocycles. The molecule has 78 valence electrons. The standard InChI is InChI=1S/C10H15N2O.HI/c1-3-8-13-11-9-10-6-4-5-7-12(10)2;/h4-7,9H,3,8H2,1-2H3;1H/q+1;/p-1/b11-9+;. The first-order valence-corrected chi connectivity index (χ1v) is 4.44. The summed E-state index contributed by atoms with van der Waals surface area (Å²) < 4.78 is 1.98. The Morgan fingerprint density at radius 1 is 1.50 bits per heavy atom. The average Bonchev–Trinajstić information content (AvgIpc) is 2.15. The molecule has 0 aliphatic carbocycles. The Balaban J connectivity index is 0.00000169. The van der Waals surface area contributed by atoms with E-state index < -0.39 is 0 Å². The molecule has 0 amide bonds. The van der Waals surface area contributed by atoms with E-state index in [0.717, 1.165) is 12.1 Å². The summed E-state index contributed by atoms with van der Waals surface area (Å²) in [6, 6.07) is 5.93. The smallest absolute Gasteiger partial charge is 0.226 e. The molecular formula is C10H15IN2O. The third kappa shape index (κ3) is 4.55. The van der Waals surface area contributed by atoms with Crippen LogP contribution in [0.2, 0.25) is 0 Å². The first-order valence-electron chi connectivity index (χ1n) is 4.44. The van der Waals surface area contributed by atoms with Crippen LogP contribution in [0.1, 0.15) is 19.0 Å². The van der Waals surface area contributed by atoms with Crippen molar-refractivity contribution in [2.24, 2.45) is 12.2 Å². The Labute approximate surface area is 102 Å². The molecular weight excluding hydrogens is 291 g/mol. The minimum atomic E-state index is 0. The van der Waals surface area contributed by atoms with Crippen LogP contribution in [0.25, 0.3) is 0 Å². The molecule has 0 aliphatic rings. The Morgan fingerprint density at radius 2 is 2.29 bits per heavy atom. The number of aromatic nitrogens is 1. The third-order valence-corrected chi connectivity index (χ3v) is 1.65. The van der Waals surface area contributed by atoms with Crippen LogP contribution < -0.4 is 28.5 Å². The summed E-state index contributed by atoms with van der Waals surface area (Å²) in [5, 5.41) is 3.85. The summed E-state index contributed by atoms with van der Waals surface area (Å²) >= 11 is 0. The van der Waals surface area contributed by atoms with Crippen molar-refractivity contribution in [1.82, 2.24) is 0 Å². The molecule has 1 aromatic heterocycles. The van der Waals surface area contributed by atoms with Crippen molar-refractivity contribution in [1.29, 1.82) is 0 Å². The molecule has 0 saturated heterocycles. The first-order chi connectivity index (χ1) is 6.34. The van der Waals surface area contributed by atoms with Crippen molar-refractivity contribution in [2.45, 2.75) is 13.3 Å². The van der Waals surface area contributed by atoms with Crippen molar-refractivity contribution in [3.05, 3.63) is 30.1 Å². The molecule has 0 spiro atoms. The highest BCUT2D eigenvalue weighted by atomic mass is 127. The highest BCUT2D eigenvalue weighted by molar-refractivity contribution is 5.74. The Bertz CT molecular complexity index is 289. The van der Waals surface area contributed by atoms with Crippen molar-refractivity contribution < 1.29 is 33.4 Å². The van der Waals surface area contributed by atoms with E-state index >= 15 is 0 Å². The van der Waals surface area contributed by atoms with Crippen LogP contribution in [-0.4, -0.2) is 12.8 Å². The largest absolute Gasteiger partial charge is 1.00 e. The van der Waals surface area contributed by atoms with Crippen LogP contribution in [0, 0.1) is 0 Å². The summed E-state index contributed by atoms with van der Waals surface area (Å²) in [4.78, 5) is 5.00. The molecule has 0 N–H and O–H groups in total. The van der Waals surface area contributed by atoms with Gasteiger partial charge in [0.2, 0.25) is 5.69 Å². The van der Waals surface area contributed by atoms with Gasteiger partial charge in [0.1, 0.15) is 19.9 Å². The summed E-state index contributed by atoms with van der Waals surface area (Å²) in [7, 11) is 1.97.